The number of rotatable bonds is 2. The molecule has 0 aliphatic rings. The van der Waals surface area contributed by atoms with E-state index in [2.05, 4.69) is 5.16 Å². The molecule has 54 valence electrons. The van der Waals surface area contributed by atoms with Crippen LogP contribution in [0.2, 0.25) is 0 Å². The summed E-state index contributed by atoms with van der Waals surface area (Å²) in [4.78, 5) is 0. The third-order valence-corrected chi connectivity index (χ3v) is 1.46. The van der Waals surface area contributed by atoms with Crippen LogP contribution in [0.3, 0.4) is 0 Å². The molecule has 0 radical (unpaired) electrons. The molecule has 0 heterocycles. The van der Waals surface area contributed by atoms with E-state index in [1.165, 1.54) is 0 Å². The molecule has 0 fully saturated rings. The second-order valence-corrected chi connectivity index (χ2v) is 2.70. The molecule has 0 bridgehead atoms. The molecule has 3 heteroatoms. The van der Waals surface area contributed by atoms with Gasteiger partial charge in [-0.3, -0.25) is 4.39 Å². The second-order valence-electron chi connectivity index (χ2n) is 2.70. The predicted octanol–water partition coefficient (Wildman–Crippen LogP) is 1.83. The van der Waals surface area contributed by atoms with E-state index in [1.54, 1.807) is 20.8 Å². The van der Waals surface area contributed by atoms with Crippen LogP contribution in [-0.4, -0.2) is 17.6 Å². The zero-order chi connectivity index (χ0) is 7.49. The third-order valence-electron chi connectivity index (χ3n) is 1.46. The number of oxime groups is 1. The highest BCUT2D eigenvalue weighted by Gasteiger charge is 2.21. The molecule has 0 aliphatic carbocycles. The molecule has 0 aromatic rings. The highest BCUT2D eigenvalue weighted by Crippen LogP contribution is 2.17. The van der Waals surface area contributed by atoms with Crippen molar-refractivity contribution < 1.29 is 9.60 Å². The number of halogens is 1. The Hall–Kier alpha value is -0.600. The van der Waals surface area contributed by atoms with Crippen molar-refractivity contribution in [1.82, 2.24) is 0 Å². The Labute approximate surface area is 54.4 Å². The minimum atomic E-state index is -0.616. The lowest BCUT2D eigenvalue weighted by Crippen LogP contribution is -2.23. The maximum absolute atomic E-state index is 12.0. The summed E-state index contributed by atoms with van der Waals surface area (Å²) in [5.74, 6) is 0. The van der Waals surface area contributed by atoms with E-state index >= 15 is 0 Å². The lowest BCUT2D eigenvalue weighted by atomic mass is 9.90. The Bertz CT molecular complexity index is 120. The fourth-order valence-corrected chi connectivity index (χ4v) is 0.232. The van der Waals surface area contributed by atoms with E-state index in [0.29, 0.717) is 5.71 Å². The molecule has 0 amide bonds. The Morgan fingerprint density at radius 2 is 2.11 bits per heavy atom. The zero-order valence-corrected chi connectivity index (χ0v) is 5.98. The topological polar surface area (TPSA) is 32.6 Å². The zero-order valence-electron chi connectivity index (χ0n) is 5.98. The van der Waals surface area contributed by atoms with Gasteiger partial charge in [-0.25, -0.2) is 0 Å². The molecular formula is C6H12FNO. The summed E-state index contributed by atoms with van der Waals surface area (Å²) in [6, 6.07) is 0. The van der Waals surface area contributed by atoms with Crippen LogP contribution >= 0.6 is 0 Å². The van der Waals surface area contributed by atoms with Gasteiger partial charge in [0.2, 0.25) is 0 Å². The molecule has 0 saturated carbocycles. The van der Waals surface area contributed by atoms with Crippen LogP contribution in [0.1, 0.15) is 20.8 Å². The van der Waals surface area contributed by atoms with Crippen LogP contribution in [0, 0.1) is 5.41 Å². The van der Waals surface area contributed by atoms with Gasteiger partial charge in [-0.1, -0.05) is 19.0 Å². The van der Waals surface area contributed by atoms with E-state index in [0.717, 1.165) is 0 Å². The summed E-state index contributed by atoms with van der Waals surface area (Å²) in [5, 5.41) is 11.1. The van der Waals surface area contributed by atoms with Crippen molar-refractivity contribution in [2.75, 3.05) is 6.67 Å². The van der Waals surface area contributed by atoms with Crippen LogP contribution in [0.5, 0.6) is 0 Å². The first-order valence-electron chi connectivity index (χ1n) is 2.79. The molecule has 0 spiro atoms. The molecule has 0 saturated heterocycles. The van der Waals surface area contributed by atoms with Gasteiger partial charge in [0, 0.05) is 5.41 Å². The van der Waals surface area contributed by atoms with E-state index in [-0.39, 0.29) is 0 Å². The van der Waals surface area contributed by atoms with E-state index < -0.39 is 12.1 Å². The summed E-state index contributed by atoms with van der Waals surface area (Å²) >= 11 is 0. The standard InChI is InChI=1S/C6H12FNO/c1-5(8-9)6(2,3)4-7/h9H,4H2,1-3H3/b8-5-. The van der Waals surface area contributed by atoms with Crippen molar-refractivity contribution in [2.24, 2.45) is 10.6 Å². The minimum Gasteiger partial charge on any atom is -0.411 e. The Kier molecular flexibility index (Phi) is 2.62. The van der Waals surface area contributed by atoms with Crippen LogP contribution in [0.25, 0.3) is 0 Å². The predicted molar refractivity (Wildman–Crippen MR) is 34.7 cm³/mol. The molecule has 0 unspecified atom stereocenters. The summed E-state index contributed by atoms with van der Waals surface area (Å²) in [6.45, 7) is 4.46. The monoisotopic (exact) mass is 133 g/mol. The minimum absolute atomic E-state index is 0.421. The Morgan fingerprint density at radius 1 is 1.67 bits per heavy atom. The first-order valence-corrected chi connectivity index (χ1v) is 2.79. The number of hydrogen-bond acceptors (Lipinski definition) is 2. The first-order chi connectivity index (χ1) is 4.04. The van der Waals surface area contributed by atoms with Crippen molar-refractivity contribution in [1.29, 1.82) is 0 Å². The van der Waals surface area contributed by atoms with Gasteiger partial charge in [-0.2, -0.15) is 0 Å². The van der Waals surface area contributed by atoms with Crippen LogP contribution < -0.4 is 0 Å². The van der Waals surface area contributed by atoms with Crippen molar-refractivity contribution in [2.45, 2.75) is 20.8 Å². The van der Waals surface area contributed by atoms with Crippen molar-refractivity contribution >= 4 is 5.71 Å². The second kappa shape index (κ2) is 2.80. The molecule has 2 nitrogen and oxygen atoms in total. The van der Waals surface area contributed by atoms with Crippen LogP contribution in [0.15, 0.2) is 5.16 Å². The lowest BCUT2D eigenvalue weighted by Gasteiger charge is -2.17. The Balaban J connectivity index is 4.14. The van der Waals surface area contributed by atoms with Gasteiger partial charge in [-0.05, 0) is 6.92 Å². The largest absolute Gasteiger partial charge is 0.411 e. The van der Waals surface area contributed by atoms with E-state index in [9.17, 15) is 4.39 Å². The molecule has 0 aliphatic heterocycles. The van der Waals surface area contributed by atoms with Gasteiger partial charge in [0.15, 0.2) is 0 Å². The van der Waals surface area contributed by atoms with Crippen molar-refractivity contribution in [3.8, 4) is 0 Å². The fourth-order valence-electron chi connectivity index (χ4n) is 0.232. The van der Waals surface area contributed by atoms with Gasteiger partial charge in [-0.15, -0.1) is 0 Å². The molecular weight excluding hydrogens is 121 g/mol. The maximum atomic E-state index is 12.0. The van der Waals surface area contributed by atoms with Gasteiger partial charge < -0.3 is 5.21 Å². The average Bonchev–Trinajstić information content (AvgIpc) is 1.86. The van der Waals surface area contributed by atoms with Crippen LogP contribution in [0.4, 0.5) is 4.39 Å². The molecule has 0 aromatic carbocycles. The molecule has 1 N–H and O–H groups in total. The van der Waals surface area contributed by atoms with Gasteiger partial charge in [0.25, 0.3) is 0 Å². The van der Waals surface area contributed by atoms with Crippen LogP contribution in [-0.2, 0) is 0 Å². The fraction of sp³-hybridized carbons (Fsp3) is 0.833. The lowest BCUT2D eigenvalue weighted by molar-refractivity contribution is 0.292. The first kappa shape index (κ1) is 8.40. The smallest absolute Gasteiger partial charge is 0.0998 e. The number of hydrogen-bond donors (Lipinski definition) is 1. The van der Waals surface area contributed by atoms with Gasteiger partial charge in [0.05, 0.1) is 12.4 Å². The van der Waals surface area contributed by atoms with Gasteiger partial charge >= 0.3 is 0 Å². The van der Waals surface area contributed by atoms with Crippen molar-refractivity contribution in [3.05, 3.63) is 0 Å². The SMILES string of the molecule is C/C(=N/O)C(C)(C)CF. The Morgan fingerprint density at radius 3 is 2.22 bits per heavy atom. The normalized spacial score (nSPS) is 14.0. The summed E-state index contributed by atoms with van der Waals surface area (Å²) in [6.07, 6.45) is 0. The number of alkyl halides is 1. The van der Waals surface area contributed by atoms with E-state index in [4.69, 9.17) is 5.21 Å². The maximum Gasteiger partial charge on any atom is 0.0998 e. The third kappa shape index (κ3) is 2.00. The summed E-state index contributed by atoms with van der Waals surface area (Å²) < 4.78 is 12.0. The van der Waals surface area contributed by atoms with Gasteiger partial charge in [0.1, 0.15) is 0 Å². The average molecular weight is 133 g/mol. The summed E-state index contributed by atoms with van der Waals surface area (Å²) in [7, 11) is 0. The molecule has 0 aromatic heterocycles. The summed E-state index contributed by atoms with van der Waals surface area (Å²) in [5.41, 5.74) is -0.195. The molecule has 9 heavy (non-hydrogen) atoms. The van der Waals surface area contributed by atoms with Crippen molar-refractivity contribution in [3.63, 3.8) is 0 Å². The highest BCUT2D eigenvalue weighted by molar-refractivity contribution is 5.86. The highest BCUT2D eigenvalue weighted by atomic mass is 19.1. The van der Waals surface area contributed by atoms with E-state index in [1.807, 2.05) is 0 Å². The quantitative estimate of drug-likeness (QED) is 0.348. The molecule has 0 atom stereocenters. The molecule has 0 rings (SSSR count). The number of nitrogens with zero attached hydrogens (tertiary/aromatic N) is 1.